The van der Waals surface area contributed by atoms with Crippen LogP contribution in [-0.2, 0) is 11.3 Å². The molecule has 5 heteroatoms. The summed E-state index contributed by atoms with van der Waals surface area (Å²) in [4.78, 5) is 12.1. The molecule has 1 fully saturated rings. The van der Waals surface area contributed by atoms with Gasteiger partial charge in [0.05, 0.1) is 12.2 Å². The van der Waals surface area contributed by atoms with E-state index < -0.39 is 0 Å². The first-order valence-corrected chi connectivity index (χ1v) is 8.12. The van der Waals surface area contributed by atoms with Crippen molar-refractivity contribution in [2.45, 2.75) is 70.9 Å². The molecule has 0 radical (unpaired) electrons. The molecule has 0 bridgehead atoms. The summed E-state index contributed by atoms with van der Waals surface area (Å²) in [7, 11) is 0. The SMILES string of the molecule is CCC(CC)c1cc(CNC(=O)C2CCCC(N)C2)on1. The quantitative estimate of drug-likeness (QED) is 0.845. The van der Waals surface area contributed by atoms with Gasteiger partial charge in [-0.3, -0.25) is 4.79 Å². The lowest BCUT2D eigenvalue weighted by molar-refractivity contribution is -0.126. The minimum Gasteiger partial charge on any atom is -0.359 e. The van der Waals surface area contributed by atoms with E-state index >= 15 is 0 Å². The van der Waals surface area contributed by atoms with Crippen molar-refractivity contribution in [1.82, 2.24) is 10.5 Å². The molecular weight excluding hydrogens is 266 g/mol. The molecule has 2 atom stereocenters. The van der Waals surface area contributed by atoms with Gasteiger partial charge in [0.1, 0.15) is 0 Å². The fourth-order valence-electron chi connectivity index (χ4n) is 3.10. The molecule has 118 valence electrons. The zero-order valence-corrected chi connectivity index (χ0v) is 13.1. The molecule has 1 aromatic heterocycles. The summed E-state index contributed by atoms with van der Waals surface area (Å²) in [6, 6.07) is 2.13. The lowest BCUT2D eigenvalue weighted by Gasteiger charge is -2.25. The van der Waals surface area contributed by atoms with Crippen LogP contribution in [-0.4, -0.2) is 17.1 Å². The van der Waals surface area contributed by atoms with E-state index in [1.807, 2.05) is 6.07 Å². The van der Waals surface area contributed by atoms with Crippen molar-refractivity contribution < 1.29 is 9.32 Å². The molecule has 5 nitrogen and oxygen atoms in total. The number of rotatable bonds is 6. The highest BCUT2D eigenvalue weighted by Crippen LogP contribution is 2.24. The van der Waals surface area contributed by atoms with Gasteiger partial charge in [-0.2, -0.15) is 0 Å². The van der Waals surface area contributed by atoms with Crippen LogP contribution in [0.15, 0.2) is 10.6 Å². The molecule has 0 saturated heterocycles. The number of carbonyl (C=O) groups is 1. The van der Waals surface area contributed by atoms with Crippen LogP contribution in [0, 0.1) is 5.92 Å². The Morgan fingerprint density at radius 2 is 2.24 bits per heavy atom. The van der Waals surface area contributed by atoms with Crippen LogP contribution >= 0.6 is 0 Å². The van der Waals surface area contributed by atoms with Crippen LogP contribution in [0.25, 0.3) is 0 Å². The third-order valence-corrected chi connectivity index (χ3v) is 4.50. The highest BCUT2D eigenvalue weighted by Gasteiger charge is 2.25. The van der Waals surface area contributed by atoms with Crippen LogP contribution in [0.3, 0.4) is 0 Å². The second-order valence-electron chi connectivity index (χ2n) is 6.07. The molecule has 1 saturated carbocycles. The van der Waals surface area contributed by atoms with E-state index in [-0.39, 0.29) is 17.9 Å². The fourth-order valence-corrected chi connectivity index (χ4v) is 3.10. The molecule has 2 rings (SSSR count). The largest absolute Gasteiger partial charge is 0.359 e. The van der Waals surface area contributed by atoms with Crippen LogP contribution in [0.4, 0.5) is 0 Å². The van der Waals surface area contributed by atoms with Gasteiger partial charge in [-0.25, -0.2) is 0 Å². The minimum absolute atomic E-state index is 0.0511. The topological polar surface area (TPSA) is 81.2 Å². The smallest absolute Gasteiger partial charge is 0.223 e. The summed E-state index contributed by atoms with van der Waals surface area (Å²) in [5, 5.41) is 7.06. The van der Waals surface area contributed by atoms with Gasteiger partial charge >= 0.3 is 0 Å². The summed E-state index contributed by atoms with van der Waals surface area (Å²) in [5.74, 6) is 1.31. The van der Waals surface area contributed by atoms with Crippen molar-refractivity contribution in [3.63, 3.8) is 0 Å². The van der Waals surface area contributed by atoms with E-state index in [1.165, 1.54) is 0 Å². The molecule has 1 aliphatic rings. The van der Waals surface area contributed by atoms with E-state index in [1.54, 1.807) is 0 Å². The summed E-state index contributed by atoms with van der Waals surface area (Å²) in [6.07, 6.45) is 5.91. The molecule has 21 heavy (non-hydrogen) atoms. The Kier molecular flexibility index (Phi) is 5.79. The first-order valence-electron chi connectivity index (χ1n) is 8.12. The third kappa shape index (κ3) is 4.30. The summed E-state index contributed by atoms with van der Waals surface area (Å²) < 4.78 is 5.32. The maximum Gasteiger partial charge on any atom is 0.223 e. The van der Waals surface area contributed by atoms with Gasteiger partial charge < -0.3 is 15.6 Å². The van der Waals surface area contributed by atoms with Gasteiger partial charge in [-0.05, 0) is 32.1 Å². The van der Waals surface area contributed by atoms with Crippen molar-refractivity contribution in [1.29, 1.82) is 0 Å². The summed E-state index contributed by atoms with van der Waals surface area (Å²) in [6.45, 7) is 4.71. The molecule has 1 amide bonds. The van der Waals surface area contributed by atoms with Gasteiger partial charge in [0.25, 0.3) is 0 Å². The maximum absolute atomic E-state index is 12.1. The van der Waals surface area contributed by atoms with Crippen LogP contribution in [0.5, 0.6) is 0 Å². The molecule has 2 unspecified atom stereocenters. The van der Waals surface area contributed by atoms with E-state index in [2.05, 4.69) is 24.3 Å². The second kappa shape index (κ2) is 7.59. The van der Waals surface area contributed by atoms with Crippen LogP contribution in [0.2, 0.25) is 0 Å². The zero-order valence-electron chi connectivity index (χ0n) is 13.1. The van der Waals surface area contributed by atoms with E-state index in [0.717, 1.165) is 50.0 Å². The lowest BCUT2D eigenvalue weighted by Crippen LogP contribution is -2.37. The highest BCUT2D eigenvalue weighted by molar-refractivity contribution is 5.78. The molecule has 0 spiro atoms. The van der Waals surface area contributed by atoms with Crippen molar-refractivity contribution >= 4 is 5.91 Å². The van der Waals surface area contributed by atoms with Crippen molar-refractivity contribution in [2.75, 3.05) is 0 Å². The van der Waals surface area contributed by atoms with Gasteiger partial charge in [-0.1, -0.05) is 25.4 Å². The number of nitrogens with one attached hydrogen (secondary N) is 1. The molecule has 1 heterocycles. The zero-order chi connectivity index (χ0) is 15.2. The monoisotopic (exact) mass is 293 g/mol. The fraction of sp³-hybridized carbons (Fsp3) is 0.750. The Morgan fingerprint density at radius 1 is 1.48 bits per heavy atom. The predicted molar refractivity (Wildman–Crippen MR) is 81.6 cm³/mol. The first-order chi connectivity index (χ1) is 10.1. The average Bonchev–Trinajstić information content (AvgIpc) is 2.95. The van der Waals surface area contributed by atoms with Crippen LogP contribution in [0.1, 0.15) is 69.7 Å². The number of nitrogens with two attached hydrogens (primary N) is 1. The average molecular weight is 293 g/mol. The van der Waals surface area contributed by atoms with Gasteiger partial charge in [0, 0.05) is 23.9 Å². The third-order valence-electron chi connectivity index (χ3n) is 4.50. The number of hydrogen-bond acceptors (Lipinski definition) is 4. The van der Waals surface area contributed by atoms with E-state index in [9.17, 15) is 4.79 Å². The molecule has 1 aromatic rings. The first kappa shape index (κ1) is 16.0. The minimum atomic E-state index is 0.0511. The standard InChI is InChI=1S/C16H27N3O2/c1-3-11(4-2)15-9-14(21-19-15)10-18-16(20)12-6-5-7-13(17)8-12/h9,11-13H,3-8,10,17H2,1-2H3,(H,18,20). The highest BCUT2D eigenvalue weighted by atomic mass is 16.5. The molecular formula is C16H27N3O2. The van der Waals surface area contributed by atoms with Crippen molar-refractivity contribution in [3.05, 3.63) is 17.5 Å². The molecule has 0 aliphatic heterocycles. The molecule has 3 N–H and O–H groups in total. The maximum atomic E-state index is 12.1. The summed E-state index contributed by atoms with van der Waals surface area (Å²) in [5.41, 5.74) is 6.92. The Balaban J connectivity index is 1.84. The Labute approximate surface area is 126 Å². The number of nitrogens with zero attached hydrogens (tertiary/aromatic N) is 1. The molecule has 0 aromatic carbocycles. The van der Waals surface area contributed by atoms with Crippen molar-refractivity contribution in [2.24, 2.45) is 11.7 Å². The van der Waals surface area contributed by atoms with Gasteiger partial charge in [0.2, 0.25) is 5.91 Å². The van der Waals surface area contributed by atoms with E-state index in [0.29, 0.717) is 12.5 Å². The van der Waals surface area contributed by atoms with Crippen molar-refractivity contribution in [3.8, 4) is 0 Å². The van der Waals surface area contributed by atoms with Gasteiger partial charge in [0.15, 0.2) is 5.76 Å². The number of hydrogen-bond donors (Lipinski definition) is 2. The normalized spacial score (nSPS) is 22.5. The second-order valence-corrected chi connectivity index (χ2v) is 6.07. The lowest BCUT2D eigenvalue weighted by atomic mass is 9.85. The number of carbonyl (C=O) groups excluding carboxylic acids is 1. The Hall–Kier alpha value is -1.36. The predicted octanol–water partition coefficient (Wildman–Crippen LogP) is 2.71. The summed E-state index contributed by atoms with van der Waals surface area (Å²) >= 11 is 0. The van der Waals surface area contributed by atoms with Crippen LogP contribution < -0.4 is 11.1 Å². The van der Waals surface area contributed by atoms with E-state index in [4.69, 9.17) is 10.3 Å². The molecule has 1 aliphatic carbocycles. The Bertz CT molecular complexity index is 454. The number of amides is 1. The Morgan fingerprint density at radius 3 is 2.90 bits per heavy atom. The number of aromatic nitrogens is 1. The van der Waals surface area contributed by atoms with Gasteiger partial charge in [-0.15, -0.1) is 0 Å².